The Morgan fingerprint density at radius 1 is 1.00 bits per heavy atom. The van der Waals surface area contributed by atoms with E-state index in [1.807, 2.05) is 0 Å². The fraction of sp³-hybridized carbons (Fsp3) is 1.00. The topological polar surface area (TPSA) is 29.3 Å². The van der Waals surface area contributed by atoms with Gasteiger partial charge in [0.1, 0.15) is 0 Å². The van der Waals surface area contributed by atoms with Crippen LogP contribution in [0.3, 0.4) is 0 Å². The predicted octanol–water partition coefficient (Wildman–Crippen LogP) is 3.02. The van der Waals surface area contributed by atoms with Crippen molar-refractivity contribution in [1.29, 1.82) is 0 Å². The van der Waals surface area contributed by atoms with Crippen molar-refractivity contribution in [2.45, 2.75) is 64.8 Å². The highest BCUT2D eigenvalue weighted by molar-refractivity contribution is 4.67. The lowest BCUT2D eigenvalue weighted by Gasteiger charge is -2.24. The van der Waals surface area contributed by atoms with E-state index in [-0.39, 0.29) is 0 Å². The summed E-state index contributed by atoms with van der Waals surface area (Å²) in [6.45, 7) is 8.47. The smallest absolute Gasteiger partial charge is 0.00104 e. The lowest BCUT2D eigenvalue weighted by atomic mass is 10.0. The molecule has 1 heterocycles. The van der Waals surface area contributed by atoms with Crippen LogP contribution in [0, 0.1) is 5.92 Å². The van der Waals surface area contributed by atoms with Crippen LogP contribution in [0.2, 0.25) is 0 Å². The molecule has 1 aliphatic rings. The lowest BCUT2D eigenvalue weighted by Crippen LogP contribution is -2.29. The highest BCUT2D eigenvalue weighted by atomic mass is 15.1. The molecular formula is C14H30N2. The molecule has 1 aliphatic heterocycles. The number of hydrogen-bond donors (Lipinski definition) is 1. The third-order valence-electron chi connectivity index (χ3n) is 3.62. The third-order valence-corrected chi connectivity index (χ3v) is 3.62. The summed E-state index contributed by atoms with van der Waals surface area (Å²) in [5.41, 5.74) is 5.77. The van der Waals surface area contributed by atoms with Crippen molar-refractivity contribution in [3.05, 3.63) is 0 Å². The second kappa shape index (κ2) is 8.08. The Bertz CT molecular complexity index is 160. The van der Waals surface area contributed by atoms with Crippen LogP contribution < -0.4 is 5.73 Å². The van der Waals surface area contributed by atoms with E-state index in [9.17, 15) is 0 Å². The minimum atomic E-state index is 0.380. The minimum absolute atomic E-state index is 0.380. The van der Waals surface area contributed by atoms with Crippen LogP contribution in [0.15, 0.2) is 0 Å². The Hall–Kier alpha value is -0.0800. The molecule has 0 aromatic heterocycles. The van der Waals surface area contributed by atoms with Gasteiger partial charge in [-0.2, -0.15) is 0 Å². The SMILES string of the molecule is CC(N)CCCC(C)CN1CCCCCC1. The van der Waals surface area contributed by atoms with Gasteiger partial charge in [-0.1, -0.05) is 26.2 Å². The highest BCUT2D eigenvalue weighted by Crippen LogP contribution is 2.15. The molecule has 0 aromatic carbocycles. The van der Waals surface area contributed by atoms with Crippen molar-refractivity contribution in [1.82, 2.24) is 4.90 Å². The summed E-state index contributed by atoms with van der Waals surface area (Å²) >= 11 is 0. The maximum atomic E-state index is 5.77. The van der Waals surface area contributed by atoms with E-state index in [2.05, 4.69) is 18.7 Å². The summed E-state index contributed by atoms with van der Waals surface area (Å²) in [4.78, 5) is 2.67. The van der Waals surface area contributed by atoms with Gasteiger partial charge in [-0.05, 0) is 51.6 Å². The maximum absolute atomic E-state index is 5.77. The van der Waals surface area contributed by atoms with Crippen molar-refractivity contribution in [2.75, 3.05) is 19.6 Å². The number of hydrogen-bond acceptors (Lipinski definition) is 2. The zero-order valence-electron chi connectivity index (χ0n) is 11.3. The van der Waals surface area contributed by atoms with Gasteiger partial charge < -0.3 is 10.6 Å². The Morgan fingerprint density at radius 2 is 1.62 bits per heavy atom. The average molecular weight is 226 g/mol. The van der Waals surface area contributed by atoms with Gasteiger partial charge >= 0.3 is 0 Å². The van der Waals surface area contributed by atoms with Gasteiger partial charge in [0, 0.05) is 12.6 Å². The molecular weight excluding hydrogens is 196 g/mol. The molecule has 1 rings (SSSR count). The largest absolute Gasteiger partial charge is 0.328 e. The summed E-state index contributed by atoms with van der Waals surface area (Å²) in [6.07, 6.45) is 9.53. The van der Waals surface area contributed by atoms with E-state index < -0.39 is 0 Å². The first-order valence-corrected chi connectivity index (χ1v) is 7.16. The fourth-order valence-corrected chi connectivity index (χ4v) is 2.64. The van der Waals surface area contributed by atoms with Gasteiger partial charge in [0.05, 0.1) is 0 Å². The molecule has 1 fully saturated rings. The van der Waals surface area contributed by atoms with Gasteiger partial charge in [0.25, 0.3) is 0 Å². The zero-order valence-corrected chi connectivity index (χ0v) is 11.3. The minimum Gasteiger partial charge on any atom is -0.328 e. The second-order valence-corrected chi connectivity index (χ2v) is 5.73. The summed E-state index contributed by atoms with van der Waals surface area (Å²) in [7, 11) is 0. The molecule has 0 saturated carbocycles. The summed E-state index contributed by atoms with van der Waals surface area (Å²) in [6, 6.07) is 0.380. The number of nitrogens with zero attached hydrogens (tertiary/aromatic N) is 1. The summed E-state index contributed by atoms with van der Waals surface area (Å²) in [5, 5.41) is 0. The van der Waals surface area contributed by atoms with E-state index in [4.69, 9.17) is 5.73 Å². The average Bonchev–Trinajstić information content (AvgIpc) is 2.45. The van der Waals surface area contributed by atoms with Crippen LogP contribution in [0.1, 0.15) is 58.8 Å². The van der Waals surface area contributed by atoms with Gasteiger partial charge in [0.2, 0.25) is 0 Å². The molecule has 2 unspecified atom stereocenters. The molecule has 0 aliphatic carbocycles. The molecule has 2 heteroatoms. The van der Waals surface area contributed by atoms with E-state index in [0.29, 0.717) is 6.04 Å². The molecule has 0 spiro atoms. The van der Waals surface area contributed by atoms with E-state index in [1.54, 1.807) is 0 Å². The van der Waals surface area contributed by atoms with E-state index in [0.717, 1.165) is 5.92 Å². The molecule has 96 valence electrons. The van der Waals surface area contributed by atoms with Crippen LogP contribution in [-0.2, 0) is 0 Å². The van der Waals surface area contributed by atoms with Crippen LogP contribution in [0.4, 0.5) is 0 Å². The molecule has 0 radical (unpaired) electrons. The first-order chi connectivity index (χ1) is 7.68. The maximum Gasteiger partial charge on any atom is 0.00104 e. The number of rotatable bonds is 6. The Labute approximate surface area is 102 Å². The normalized spacial score (nSPS) is 22.7. The highest BCUT2D eigenvalue weighted by Gasteiger charge is 2.12. The second-order valence-electron chi connectivity index (χ2n) is 5.73. The van der Waals surface area contributed by atoms with E-state index >= 15 is 0 Å². The van der Waals surface area contributed by atoms with Crippen molar-refractivity contribution < 1.29 is 0 Å². The summed E-state index contributed by atoms with van der Waals surface area (Å²) < 4.78 is 0. The Morgan fingerprint density at radius 3 is 2.19 bits per heavy atom. The van der Waals surface area contributed by atoms with Gasteiger partial charge in [-0.15, -0.1) is 0 Å². The third kappa shape index (κ3) is 6.49. The molecule has 2 nitrogen and oxygen atoms in total. The monoisotopic (exact) mass is 226 g/mol. The van der Waals surface area contributed by atoms with Gasteiger partial charge in [-0.3, -0.25) is 0 Å². The molecule has 1 saturated heterocycles. The molecule has 0 amide bonds. The van der Waals surface area contributed by atoms with Crippen molar-refractivity contribution in [3.8, 4) is 0 Å². The van der Waals surface area contributed by atoms with Gasteiger partial charge in [-0.25, -0.2) is 0 Å². The number of likely N-dealkylation sites (tertiary alicyclic amines) is 1. The Balaban J connectivity index is 2.09. The summed E-state index contributed by atoms with van der Waals surface area (Å²) in [5.74, 6) is 0.844. The van der Waals surface area contributed by atoms with Crippen molar-refractivity contribution in [3.63, 3.8) is 0 Å². The first kappa shape index (κ1) is 14.0. The van der Waals surface area contributed by atoms with Crippen LogP contribution in [0.5, 0.6) is 0 Å². The van der Waals surface area contributed by atoms with Crippen LogP contribution in [0.25, 0.3) is 0 Å². The molecule has 0 bridgehead atoms. The zero-order chi connectivity index (χ0) is 11.8. The molecule has 16 heavy (non-hydrogen) atoms. The van der Waals surface area contributed by atoms with Crippen LogP contribution >= 0.6 is 0 Å². The predicted molar refractivity (Wildman–Crippen MR) is 71.6 cm³/mol. The standard InChI is InChI=1S/C14H30N2/c1-13(8-7-9-14(2)15)12-16-10-5-3-4-6-11-16/h13-14H,3-12,15H2,1-2H3. The van der Waals surface area contributed by atoms with Gasteiger partial charge in [0.15, 0.2) is 0 Å². The first-order valence-electron chi connectivity index (χ1n) is 7.16. The fourth-order valence-electron chi connectivity index (χ4n) is 2.64. The lowest BCUT2D eigenvalue weighted by molar-refractivity contribution is 0.237. The van der Waals surface area contributed by atoms with E-state index in [1.165, 1.54) is 64.6 Å². The molecule has 0 aromatic rings. The number of nitrogens with two attached hydrogens (primary N) is 1. The van der Waals surface area contributed by atoms with Crippen molar-refractivity contribution >= 4 is 0 Å². The quantitative estimate of drug-likeness (QED) is 0.754. The van der Waals surface area contributed by atoms with Crippen molar-refractivity contribution in [2.24, 2.45) is 11.7 Å². The molecule has 2 atom stereocenters. The molecule has 2 N–H and O–H groups in total. The van der Waals surface area contributed by atoms with Crippen LogP contribution in [-0.4, -0.2) is 30.6 Å². The Kier molecular flexibility index (Phi) is 7.06.